The number of methoxy groups -OCH3 is 1. The van der Waals surface area contributed by atoms with Gasteiger partial charge in [0.1, 0.15) is 11.5 Å². The summed E-state index contributed by atoms with van der Waals surface area (Å²) in [4.78, 5) is 16.6. The van der Waals surface area contributed by atoms with Crippen molar-refractivity contribution in [1.82, 2.24) is 9.71 Å². The van der Waals surface area contributed by atoms with E-state index in [1.54, 1.807) is 23.8 Å². The van der Waals surface area contributed by atoms with Gasteiger partial charge in [-0.25, -0.2) is 13.1 Å². The van der Waals surface area contributed by atoms with Gasteiger partial charge in [-0.3, -0.25) is 9.78 Å². The van der Waals surface area contributed by atoms with Gasteiger partial charge in [0, 0.05) is 12.7 Å². The smallest absolute Gasteiger partial charge is 0.419 e. The summed E-state index contributed by atoms with van der Waals surface area (Å²) < 4.78 is 82.3. The fraction of sp³-hybridized carbons (Fsp3) is 0.455. The Kier molecular flexibility index (Phi) is 8.54. The monoisotopic (exact) mass is 504 g/mol. The number of halogens is 3. The van der Waals surface area contributed by atoms with E-state index in [2.05, 4.69) is 4.98 Å². The van der Waals surface area contributed by atoms with Crippen molar-refractivity contribution in [2.75, 3.05) is 20.3 Å². The van der Waals surface area contributed by atoms with Crippen molar-refractivity contribution in [1.29, 1.82) is 0 Å². The molecule has 1 heterocycles. The second-order valence-electron chi connectivity index (χ2n) is 8.17. The molecule has 0 radical (unpaired) electrons. The summed E-state index contributed by atoms with van der Waals surface area (Å²) in [6, 6.07) is 5.69. The summed E-state index contributed by atoms with van der Waals surface area (Å²) in [6.07, 6.45) is -4.47. The number of rotatable bonds is 9. The second kappa shape index (κ2) is 10.6. The number of carbonyl (C=O) groups is 1. The highest BCUT2D eigenvalue weighted by Crippen LogP contribution is 2.38. The molecule has 8 nitrogen and oxygen atoms in total. The summed E-state index contributed by atoms with van der Waals surface area (Å²) in [5.41, 5.74) is -1.44. The van der Waals surface area contributed by atoms with Crippen LogP contribution in [-0.4, -0.2) is 44.4 Å². The molecule has 2 rings (SSSR count). The number of amides is 1. The minimum Gasteiger partial charge on any atom is -0.492 e. The number of aromatic nitrogens is 1. The van der Waals surface area contributed by atoms with Gasteiger partial charge in [-0.05, 0) is 58.0 Å². The van der Waals surface area contributed by atoms with Crippen LogP contribution in [0.2, 0.25) is 0 Å². The number of nitrogens with zero attached hydrogens (tertiary/aromatic N) is 1. The Morgan fingerprint density at radius 1 is 1.15 bits per heavy atom. The van der Waals surface area contributed by atoms with Crippen LogP contribution in [0.5, 0.6) is 11.5 Å². The largest absolute Gasteiger partial charge is 0.492 e. The first-order chi connectivity index (χ1) is 15.7. The molecule has 1 aromatic carbocycles. The van der Waals surface area contributed by atoms with Crippen LogP contribution in [0.1, 0.15) is 55.4 Å². The molecule has 0 aliphatic heterocycles. The van der Waals surface area contributed by atoms with E-state index in [9.17, 15) is 26.4 Å². The second-order valence-corrected chi connectivity index (χ2v) is 10.6. The Morgan fingerprint density at radius 2 is 1.82 bits per heavy atom. The number of carbonyl (C=O) groups excluding carboxylic acids is 1. The number of benzene rings is 1. The Morgan fingerprint density at radius 3 is 2.32 bits per heavy atom. The van der Waals surface area contributed by atoms with Gasteiger partial charge in [0.15, 0.2) is 6.10 Å². The van der Waals surface area contributed by atoms with E-state index in [4.69, 9.17) is 14.2 Å². The van der Waals surface area contributed by atoms with Gasteiger partial charge in [0.2, 0.25) is 10.0 Å². The van der Waals surface area contributed by atoms with Crippen molar-refractivity contribution in [3.8, 4) is 11.5 Å². The Labute approximate surface area is 196 Å². The molecule has 1 atom stereocenters. The van der Waals surface area contributed by atoms with Crippen molar-refractivity contribution in [2.24, 2.45) is 0 Å². The van der Waals surface area contributed by atoms with Gasteiger partial charge in [-0.1, -0.05) is 0 Å². The van der Waals surface area contributed by atoms with Crippen LogP contribution in [0.25, 0.3) is 0 Å². The predicted molar refractivity (Wildman–Crippen MR) is 118 cm³/mol. The number of sulfonamides is 1. The number of nitrogens with one attached hydrogen (secondary N) is 1. The van der Waals surface area contributed by atoms with Crippen LogP contribution >= 0.6 is 0 Å². The lowest BCUT2D eigenvalue weighted by Crippen LogP contribution is -2.42. The van der Waals surface area contributed by atoms with Crippen LogP contribution < -0.4 is 14.2 Å². The summed E-state index contributed by atoms with van der Waals surface area (Å²) in [6.45, 7) is 6.17. The average Bonchev–Trinajstić information content (AvgIpc) is 2.72. The number of pyridine rings is 1. The molecule has 0 aliphatic carbocycles. The third-order valence-corrected chi connectivity index (χ3v) is 6.63. The molecule has 0 spiro atoms. The highest BCUT2D eigenvalue weighted by molar-refractivity contribution is 7.91. The molecule has 188 valence electrons. The van der Waals surface area contributed by atoms with Crippen molar-refractivity contribution in [3.63, 3.8) is 0 Å². The molecule has 0 bridgehead atoms. The van der Waals surface area contributed by atoms with E-state index >= 15 is 0 Å². The number of hydrogen-bond acceptors (Lipinski definition) is 7. The van der Waals surface area contributed by atoms with Gasteiger partial charge >= 0.3 is 6.18 Å². The Bertz CT molecular complexity index is 1100. The van der Waals surface area contributed by atoms with Crippen molar-refractivity contribution in [3.05, 3.63) is 53.3 Å². The number of hydrogen-bond donors (Lipinski definition) is 1. The van der Waals surface area contributed by atoms with Crippen molar-refractivity contribution >= 4 is 15.9 Å². The maximum absolute atomic E-state index is 13.8. The molecule has 0 aliphatic rings. The molecule has 34 heavy (non-hydrogen) atoms. The predicted octanol–water partition coefficient (Wildman–Crippen LogP) is 4.12. The lowest BCUT2D eigenvalue weighted by molar-refractivity contribution is -0.139. The summed E-state index contributed by atoms with van der Waals surface area (Å²) in [5.74, 6) is -1.27. The molecule has 2 aromatic rings. The zero-order valence-corrected chi connectivity index (χ0v) is 20.2. The quantitative estimate of drug-likeness (QED) is 0.548. The number of alkyl halides is 3. The first-order valence-corrected chi connectivity index (χ1v) is 11.7. The minimum absolute atomic E-state index is 0.107. The van der Waals surface area contributed by atoms with Crippen molar-refractivity contribution < 1.29 is 40.6 Å². The zero-order chi connectivity index (χ0) is 25.7. The zero-order valence-electron chi connectivity index (χ0n) is 19.4. The molecule has 1 amide bonds. The fourth-order valence-corrected chi connectivity index (χ4v) is 3.32. The minimum atomic E-state index is -4.89. The lowest BCUT2D eigenvalue weighted by atomic mass is 10.1. The van der Waals surface area contributed by atoms with Gasteiger partial charge in [0.25, 0.3) is 5.91 Å². The number of ether oxygens (including phenoxy) is 3. The van der Waals surface area contributed by atoms with E-state index in [-0.39, 0.29) is 6.61 Å². The molecule has 12 heteroatoms. The molecule has 1 unspecified atom stereocenters. The SMILES string of the molecule is CCOc1ccc(C(COC)Oc2ccc(C(=O)NS(=O)(=O)C(C)(C)C)cc2C(F)(F)F)nc1. The van der Waals surface area contributed by atoms with Crippen LogP contribution in [0.15, 0.2) is 36.5 Å². The maximum Gasteiger partial charge on any atom is 0.419 e. The van der Waals surface area contributed by atoms with Crippen LogP contribution in [0.3, 0.4) is 0 Å². The normalized spacial score (nSPS) is 13.3. The third-order valence-electron chi connectivity index (χ3n) is 4.57. The van der Waals surface area contributed by atoms with Crippen LogP contribution in [-0.2, 0) is 20.9 Å². The molecular weight excluding hydrogens is 477 g/mol. The third kappa shape index (κ3) is 6.83. The molecule has 1 aromatic heterocycles. The highest BCUT2D eigenvalue weighted by atomic mass is 32.2. The standard InChI is InChI=1S/C22H27F3N2O6S/c1-6-32-15-8-9-17(26-12-15)19(13-31-5)33-18-10-7-14(11-16(18)22(23,24)25)20(28)27-34(29,30)21(2,3)4/h7-12,19H,6,13H2,1-5H3,(H,27,28). The summed E-state index contributed by atoms with van der Waals surface area (Å²) in [7, 11) is -2.76. The Hall–Kier alpha value is -2.86. The molecule has 1 N–H and O–H groups in total. The van der Waals surface area contributed by atoms with E-state index in [0.29, 0.717) is 24.1 Å². The fourth-order valence-electron chi connectivity index (χ4n) is 2.65. The average molecular weight is 505 g/mol. The first kappa shape index (κ1) is 27.4. The van der Waals surface area contributed by atoms with Gasteiger partial charge in [0.05, 0.1) is 35.4 Å². The molecule has 0 saturated heterocycles. The topological polar surface area (TPSA) is 104 Å². The first-order valence-electron chi connectivity index (χ1n) is 10.2. The van der Waals surface area contributed by atoms with E-state index in [0.717, 1.165) is 12.1 Å². The Balaban J connectivity index is 2.39. The molecule has 0 saturated carbocycles. The van der Waals surface area contributed by atoms with E-state index < -0.39 is 49.8 Å². The lowest BCUT2D eigenvalue weighted by Gasteiger charge is -2.22. The van der Waals surface area contributed by atoms with Gasteiger partial charge in [-0.2, -0.15) is 13.2 Å². The van der Waals surface area contributed by atoms with Crippen LogP contribution in [0.4, 0.5) is 13.2 Å². The molecule has 0 fully saturated rings. The summed E-state index contributed by atoms with van der Waals surface area (Å²) >= 11 is 0. The van der Waals surface area contributed by atoms with E-state index in [1.807, 2.05) is 0 Å². The van der Waals surface area contributed by atoms with Gasteiger partial charge in [-0.15, -0.1) is 0 Å². The van der Waals surface area contributed by atoms with Crippen LogP contribution in [0, 0.1) is 0 Å². The summed E-state index contributed by atoms with van der Waals surface area (Å²) in [5, 5.41) is 0. The van der Waals surface area contributed by atoms with Gasteiger partial charge < -0.3 is 14.2 Å². The van der Waals surface area contributed by atoms with E-state index in [1.165, 1.54) is 34.1 Å². The highest BCUT2D eigenvalue weighted by Gasteiger charge is 2.37. The maximum atomic E-state index is 13.8. The van der Waals surface area contributed by atoms with Crippen molar-refractivity contribution in [2.45, 2.75) is 44.7 Å². The molecular formula is C22H27F3N2O6S.